The highest BCUT2D eigenvalue weighted by Crippen LogP contribution is 2.29. The zero-order chi connectivity index (χ0) is 14.5. The van der Waals surface area contributed by atoms with Crippen molar-refractivity contribution in [3.63, 3.8) is 0 Å². The van der Waals surface area contributed by atoms with E-state index < -0.39 is 0 Å². The molecule has 0 radical (unpaired) electrons. The number of hydrogen-bond acceptors (Lipinski definition) is 3. The molecule has 108 valence electrons. The fourth-order valence-electron chi connectivity index (χ4n) is 2.41. The number of hydrogen-bond donors (Lipinski definition) is 1. The molecule has 1 aromatic heterocycles. The quantitative estimate of drug-likeness (QED) is 0.716. The Morgan fingerprint density at radius 1 is 1.10 bits per heavy atom. The first-order valence-corrected chi connectivity index (χ1v) is 8.08. The monoisotopic (exact) mass is 297 g/mol. The highest BCUT2D eigenvalue weighted by Gasteiger charge is 2.13. The molecule has 0 saturated carbocycles. The van der Waals surface area contributed by atoms with Gasteiger partial charge in [-0.1, -0.05) is 30.3 Å². The van der Waals surface area contributed by atoms with Crippen LogP contribution in [0.3, 0.4) is 0 Å². The zero-order valence-electron chi connectivity index (χ0n) is 12.1. The molecule has 0 fully saturated rings. The maximum atomic E-state index is 6.25. The van der Waals surface area contributed by atoms with Crippen molar-refractivity contribution in [1.82, 2.24) is 5.32 Å². The van der Waals surface area contributed by atoms with Gasteiger partial charge in [-0.3, -0.25) is 0 Å². The maximum absolute atomic E-state index is 6.25. The summed E-state index contributed by atoms with van der Waals surface area (Å²) in [5.41, 5.74) is 1.22. The van der Waals surface area contributed by atoms with Crippen molar-refractivity contribution >= 4 is 21.4 Å². The molecule has 0 aliphatic carbocycles. The minimum atomic E-state index is 0.0797. The van der Waals surface area contributed by atoms with Gasteiger partial charge in [-0.05, 0) is 54.2 Å². The number of benzene rings is 2. The van der Waals surface area contributed by atoms with E-state index in [-0.39, 0.29) is 6.10 Å². The van der Waals surface area contributed by atoms with Crippen molar-refractivity contribution < 1.29 is 4.74 Å². The van der Waals surface area contributed by atoms with Crippen molar-refractivity contribution in [3.8, 4) is 5.75 Å². The molecule has 0 amide bonds. The van der Waals surface area contributed by atoms with E-state index in [0.717, 1.165) is 18.7 Å². The van der Waals surface area contributed by atoms with Crippen LogP contribution in [0.2, 0.25) is 0 Å². The topological polar surface area (TPSA) is 21.3 Å². The summed E-state index contributed by atoms with van der Waals surface area (Å²) in [7, 11) is 1.97. The van der Waals surface area contributed by atoms with E-state index in [0.29, 0.717) is 0 Å². The smallest absolute Gasteiger partial charge is 0.125 e. The third-order valence-electron chi connectivity index (χ3n) is 3.53. The van der Waals surface area contributed by atoms with Crippen molar-refractivity contribution in [1.29, 1.82) is 0 Å². The van der Waals surface area contributed by atoms with Gasteiger partial charge in [-0.25, -0.2) is 0 Å². The van der Waals surface area contributed by atoms with E-state index in [4.69, 9.17) is 4.74 Å². The van der Waals surface area contributed by atoms with Gasteiger partial charge in [0.05, 0.1) is 0 Å². The molecule has 3 heteroatoms. The second kappa shape index (κ2) is 6.74. The van der Waals surface area contributed by atoms with Crippen molar-refractivity contribution in [2.24, 2.45) is 0 Å². The summed E-state index contributed by atoms with van der Waals surface area (Å²) in [5.74, 6) is 0.940. The Morgan fingerprint density at radius 2 is 1.95 bits per heavy atom. The fourth-order valence-corrected chi connectivity index (χ4v) is 3.23. The second-order valence-corrected chi connectivity index (χ2v) is 5.98. The molecular formula is C18H19NOS. The van der Waals surface area contributed by atoms with Gasteiger partial charge in [0.25, 0.3) is 0 Å². The fraction of sp³-hybridized carbons (Fsp3) is 0.222. The molecule has 0 spiro atoms. The lowest BCUT2D eigenvalue weighted by Gasteiger charge is -2.19. The normalized spacial score (nSPS) is 12.4. The van der Waals surface area contributed by atoms with Crippen LogP contribution in [0.4, 0.5) is 0 Å². The van der Waals surface area contributed by atoms with Crippen LogP contribution >= 0.6 is 11.3 Å². The highest BCUT2D eigenvalue weighted by atomic mass is 32.1. The predicted molar refractivity (Wildman–Crippen MR) is 90.2 cm³/mol. The van der Waals surface area contributed by atoms with Crippen molar-refractivity contribution in [3.05, 3.63) is 65.5 Å². The number of thiophene rings is 1. The molecule has 1 N–H and O–H groups in total. The lowest BCUT2D eigenvalue weighted by molar-refractivity contribution is 0.195. The lowest BCUT2D eigenvalue weighted by atomic mass is 10.1. The van der Waals surface area contributed by atoms with Crippen LogP contribution in [0.1, 0.15) is 18.1 Å². The minimum Gasteiger partial charge on any atom is -0.486 e. The van der Waals surface area contributed by atoms with Gasteiger partial charge in [0.2, 0.25) is 0 Å². The first kappa shape index (κ1) is 14.1. The minimum absolute atomic E-state index is 0.0797. The average Bonchev–Trinajstić information content (AvgIpc) is 3.00. The molecule has 1 heterocycles. The van der Waals surface area contributed by atoms with Crippen LogP contribution in [0, 0.1) is 0 Å². The summed E-state index contributed by atoms with van der Waals surface area (Å²) >= 11 is 1.75. The van der Waals surface area contributed by atoms with Gasteiger partial charge in [0.1, 0.15) is 11.9 Å². The Labute approximate surface area is 129 Å². The van der Waals surface area contributed by atoms with E-state index in [1.807, 2.05) is 13.1 Å². The molecule has 2 nitrogen and oxygen atoms in total. The molecule has 3 aromatic rings. The van der Waals surface area contributed by atoms with E-state index in [9.17, 15) is 0 Å². The number of fused-ring (bicyclic) bond motifs is 1. The number of nitrogens with one attached hydrogen (secondary N) is 1. The number of ether oxygens (including phenoxy) is 1. The Balaban J connectivity index is 1.82. The average molecular weight is 297 g/mol. The van der Waals surface area contributed by atoms with E-state index in [1.54, 1.807) is 11.3 Å². The Hall–Kier alpha value is -1.84. The van der Waals surface area contributed by atoms with E-state index in [2.05, 4.69) is 59.2 Å². The lowest BCUT2D eigenvalue weighted by Crippen LogP contribution is -2.16. The first-order chi connectivity index (χ1) is 10.4. The molecule has 0 unspecified atom stereocenters. The van der Waals surface area contributed by atoms with Crippen molar-refractivity contribution in [2.75, 3.05) is 13.6 Å². The molecule has 0 saturated heterocycles. The Morgan fingerprint density at radius 3 is 2.76 bits per heavy atom. The van der Waals surface area contributed by atoms with Gasteiger partial charge >= 0.3 is 0 Å². The first-order valence-electron chi connectivity index (χ1n) is 7.20. The summed E-state index contributed by atoms with van der Waals surface area (Å²) < 4.78 is 7.52. The van der Waals surface area contributed by atoms with Crippen LogP contribution < -0.4 is 10.1 Å². The summed E-state index contributed by atoms with van der Waals surface area (Å²) in [4.78, 5) is 0. The molecule has 3 rings (SSSR count). The van der Waals surface area contributed by atoms with Gasteiger partial charge in [0, 0.05) is 11.1 Å². The Kier molecular flexibility index (Phi) is 4.53. The van der Waals surface area contributed by atoms with Crippen LogP contribution in [-0.2, 0) is 0 Å². The molecule has 0 bridgehead atoms. The summed E-state index contributed by atoms with van der Waals surface area (Å²) in [6.07, 6.45) is 1.03. The van der Waals surface area contributed by atoms with Crippen LogP contribution in [0.15, 0.2) is 60.0 Å². The SMILES string of the molecule is CNCC[C@@H](Oc1ccc2ccsc2c1)c1ccccc1. The molecule has 1 atom stereocenters. The summed E-state index contributed by atoms with van der Waals surface area (Å²) in [6.45, 7) is 0.931. The number of rotatable bonds is 6. The zero-order valence-corrected chi connectivity index (χ0v) is 12.9. The molecular weight excluding hydrogens is 278 g/mol. The summed E-state index contributed by atoms with van der Waals surface area (Å²) in [5, 5.41) is 6.59. The molecule has 2 aromatic carbocycles. The van der Waals surface area contributed by atoms with Gasteiger partial charge in [-0.2, -0.15) is 0 Å². The van der Waals surface area contributed by atoms with E-state index in [1.165, 1.54) is 15.6 Å². The molecule has 0 aliphatic heterocycles. The predicted octanol–water partition coefficient (Wildman–Crippen LogP) is 4.63. The molecule has 0 aliphatic rings. The third kappa shape index (κ3) is 3.43. The van der Waals surface area contributed by atoms with E-state index >= 15 is 0 Å². The third-order valence-corrected chi connectivity index (χ3v) is 4.41. The molecule has 21 heavy (non-hydrogen) atoms. The highest BCUT2D eigenvalue weighted by molar-refractivity contribution is 7.17. The second-order valence-electron chi connectivity index (χ2n) is 5.03. The van der Waals surface area contributed by atoms with Gasteiger partial charge in [-0.15, -0.1) is 11.3 Å². The van der Waals surface area contributed by atoms with Crippen LogP contribution in [-0.4, -0.2) is 13.6 Å². The largest absolute Gasteiger partial charge is 0.486 e. The maximum Gasteiger partial charge on any atom is 0.125 e. The Bertz CT molecular complexity index is 693. The summed E-state index contributed by atoms with van der Waals surface area (Å²) in [6, 6.07) is 18.9. The van der Waals surface area contributed by atoms with Crippen molar-refractivity contribution in [2.45, 2.75) is 12.5 Å². The van der Waals surface area contributed by atoms with Gasteiger partial charge in [0.15, 0.2) is 0 Å². The van der Waals surface area contributed by atoms with Crippen LogP contribution in [0.25, 0.3) is 10.1 Å². The van der Waals surface area contributed by atoms with Gasteiger partial charge < -0.3 is 10.1 Å². The van der Waals surface area contributed by atoms with Crippen LogP contribution in [0.5, 0.6) is 5.75 Å². The standard InChI is InChI=1S/C18H19NOS/c1-19-11-9-17(14-5-3-2-4-6-14)20-16-8-7-15-10-12-21-18(15)13-16/h2-8,10,12-13,17,19H,9,11H2,1H3/t17-/m1/s1.